The number of hydrogen-bond donors (Lipinski definition) is 0. The van der Waals surface area contributed by atoms with Gasteiger partial charge in [0.15, 0.2) is 0 Å². The van der Waals surface area contributed by atoms with E-state index in [1.54, 1.807) is 0 Å². The minimum Gasteiger partial charge on any atom is -0.459 e. The Kier molecular flexibility index (Phi) is 5.65. The van der Waals surface area contributed by atoms with E-state index in [4.69, 9.17) is 14.2 Å². The molecule has 0 N–H and O–H groups in total. The Morgan fingerprint density at radius 3 is 2.78 bits per heavy atom. The molecule has 2 atom stereocenters. The lowest BCUT2D eigenvalue weighted by Crippen LogP contribution is -2.36. The molecule has 1 aromatic carbocycles. The lowest BCUT2D eigenvalue weighted by molar-refractivity contribution is 0.0173. The first-order valence-electron chi connectivity index (χ1n) is 8.41. The average molecular weight is 319 g/mol. The fourth-order valence-electron chi connectivity index (χ4n) is 3.11. The molecule has 0 unspecified atom stereocenters. The van der Waals surface area contributed by atoms with Crippen LogP contribution in [0.4, 0.5) is 0 Å². The molecule has 1 aromatic rings. The monoisotopic (exact) mass is 319 g/mol. The van der Waals surface area contributed by atoms with Crippen molar-refractivity contribution in [1.82, 2.24) is 4.90 Å². The Hall–Kier alpha value is -1.43. The number of benzene rings is 1. The second-order valence-electron chi connectivity index (χ2n) is 6.28. The number of carbonyl (C=O) groups is 1. The third-order valence-corrected chi connectivity index (χ3v) is 4.66. The Balaban J connectivity index is 1.64. The van der Waals surface area contributed by atoms with E-state index in [1.807, 2.05) is 31.2 Å². The van der Waals surface area contributed by atoms with Gasteiger partial charge in [-0.2, -0.15) is 0 Å². The van der Waals surface area contributed by atoms with Gasteiger partial charge in [-0.1, -0.05) is 18.2 Å². The first kappa shape index (κ1) is 16.4. The van der Waals surface area contributed by atoms with Crippen LogP contribution < -0.4 is 0 Å². The standard InChI is InChI=1S/C18H25NO4/c1-14(16-6-9-22-13-16)23-18(20)17-5-3-2-4-15(17)12-19-7-10-21-11-8-19/h2-5,14,16H,6-13H2,1H3/t14-,16+/m1/s1. The lowest BCUT2D eigenvalue weighted by atomic mass is 10.0. The van der Waals surface area contributed by atoms with Crippen LogP contribution in [0.25, 0.3) is 0 Å². The molecule has 2 aliphatic rings. The second kappa shape index (κ2) is 7.90. The average Bonchev–Trinajstić information content (AvgIpc) is 3.11. The van der Waals surface area contributed by atoms with Gasteiger partial charge in [-0.25, -0.2) is 4.79 Å². The third-order valence-electron chi connectivity index (χ3n) is 4.66. The van der Waals surface area contributed by atoms with Crippen LogP contribution in [-0.4, -0.2) is 56.5 Å². The highest BCUT2D eigenvalue weighted by molar-refractivity contribution is 5.91. The van der Waals surface area contributed by atoms with Gasteiger partial charge in [0.25, 0.3) is 0 Å². The third kappa shape index (κ3) is 4.31. The van der Waals surface area contributed by atoms with E-state index in [9.17, 15) is 4.79 Å². The summed E-state index contributed by atoms with van der Waals surface area (Å²) in [6, 6.07) is 7.73. The van der Waals surface area contributed by atoms with Crippen molar-refractivity contribution < 1.29 is 19.0 Å². The molecule has 2 heterocycles. The molecule has 2 fully saturated rings. The maximum atomic E-state index is 12.6. The van der Waals surface area contributed by atoms with Crippen LogP contribution in [0, 0.1) is 5.92 Å². The van der Waals surface area contributed by atoms with Crippen LogP contribution in [0.2, 0.25) is 0 Å². The van der Waals surface area contributed by atoms with Gasteiger partial charge >= 0.3 is 5.97 Å². The molecule has 5 heteroatoms. The Morgan fingerprint density at radius 1 is 1.26 bits per heavy atom. The molecule has 0 aromatic heterocycles. The van der Waals surface area contributed by atoms with Crippen molar-refractivity contribution in [2.75, 3.05) is 39.5 Å². The Morgan fingerprint density at radius 2 is 2.04 bits per heavy atom. The summed E-state index contributed by atoms with van der Waals surface area (Å²) in [5.74, 6) is 0.0821. The molecule has 0 spiro atoms. The van der Waals surface area contributed by atoms with E-state index in [2.05, 4.69) is 4.90 Å². The summed E-state index contributed by atoms with van der Waals surface area (Å²) in [4.78, 5) is 14.9. The summed E-state index contributed by atoms with van der Waals surface area (Å²) in [5.41, 5.74) is 1.69. The van der Waals surface area contributed by atoms with E-state index in [0.29, 0.717) is 18.1 Å². The lowest BCUT2D eigenvalue weighted by Gasteiger charge is -2.27. The second-order valence-corrected chi connectivity index (χ2v) is 6.28. The zero-order valence-electron chi connectivity index (χ0n) is 13.7. The smallest absolute Gasteiger partial charge is 0.338 e. The fraction of sp³-hybridized carbons (Fsp3) is 0.611. The zero-order chi connectivity index (χ0) is 16.1. The fourth-order valence-corrected chi connectivity index (χ4v) is 3.11. The van der Waals surface area contributed by atoms with E-state index in [1.165, 1.54) is 0 Å². The molecule has 3 rings (SSSR count). The normalized spacial score (nSPS) is 23.6. The summed E-state index contributed by atoms with van der Waals surface area (Å²) < 4.78 is 16.4. The summed E-state index contributed by atoms with van der Waals surface area (Å²) in [6.45, 7) is 7.48. The van der Waals surface area contributed by atoms with Gasteiger partial charge in [0.05, 0.1) is 25.4 Å². The first-order chi connectivity index (χ1) is 11.2. The molecule has 2 aliphatic heterocycles. The molecule has 0 radical (unpaired) electrons. The number of ether oxygens (including phenoxy) is 3. The van der Waals surface area contributed by atoms with Gasteiger partial charge in [-0.05, 0) is 25.0 Å². The van der Waals surface area contributed by atoms with E-state index in [-0.39, 0.29) is 12.1 Å². The molecule has 23 heavy (non-hydrogen) atoms. The highest BCUT2D eigenvalue weighted by Crippen LogP contribution is 2.21. The van der Waals surface area contributed by atoms with Crippen LogP contribution in [0.5, 0.6) is 0 Å². The molecule has 0 bridgehead atoms. The predicted molar refractivity (Wildman–Crippen MR) is 86.3 cm³/mol. The predicted octanol–water partition coefficient (Wildman–Crippen LogP) is 2.10. The van der Waals surface area contributed by atoms with Gasteiger partial charge in [0.1, 0.15) is 6.10 Å². The van der Waals surface area contributed by atoms with Crippen molar-refractivity contribution in [3.8, 4) is 0 Å². The maximum Gasteiger partial charge on any atom is 0.338 e. The summed E-state index contributed by atoms with van der Waals surface area (Å²) >= 11 is 0. The molecular formula is C18H25NO4. The highest BCUT2D eigenvalue weighted by atomic mass is 16.5. The number of morpholine rings is 1. The number of esters is 1. The summed E-state index contributed by atoms with van der Waals surface area (Å²) in [5, 5.41) is 0. The van der Waals surface area contributed by atoms with Crippen molar-refractivity contribution in [2.24, 2.45) is 5.92 Å². The molecule has 126 valence electrons. The molecule has 0 amide bonds. The van der Waals surface area contributed by atoms with Crippen LogP contribution in [-0.2, 0) is 20.8 Å². The number of nitrogens with zero attached hydrogens (tertiary/aromatic N) is 1. The topological polar surface area (TPSA) is 48.0 Å². The van der Waals surface area contributed by atoms with Gasteiger partial charge in [0.2, 0.25) is 0 Å². The number of hydrogen-bond acceptors (Lipinski definition) is 5. The van der Waals surface area contributed by atoms with Crippen LogP contribution in [0.15, 0.2) is 24.3 Å². The zero-order valence-corrected chi connectivity index (χ0v) is 13.7. The van der Waals surface area contributed by atoms with Crippen molar-refractivity contribution in [2.45, 2.75) is 26.0 Å². The van der Waals surface area contributed by atoms with Gasteiger partial charge in [0, 0.05) is 32.2 Å². The Labute approximate surface area is 137 Å². The van der Waals surface area contributed by atoms with E-state index < -0.39 is 0 Å². The SMILES string of the molecule is C[C@@H](OC(=O)c1ccccc1CN1CCOCC1)[C@H]1CCOC1. The van der Waals surface area contributed by atoms with Gasteiger partial charge < -0.3 is 14.2 Å². The molecular weight excluding hydrogens is 294 g/mol. The molecule has 5 nitrogen and oxygen atoms in total. The highest BCUT2D eigenvalue weighted by Gasteiger charge is 2.26. The van der Waals surface area contributed by atoms with E-state index >= 15 is 0 Å². The van der Waals surface area contributed by atoms with Gasteiger partial charge in [-0.15, -0.1) is 0 Å². The largest absolute Gasteiger partial charge is 0.459 e. The summed E-state index contributed by atoms with van der Waals surface area (Å²) in [7, 11) is 0. The van der Waals surface area contributed by atoms with Crippen LogP contribution >= 0.6 is 0 Å². The van der Waals surface area contributed by atoms with Crippen molar-refractivity contribution >= 4 is 5.97 Å². The van der Waals surface area contributed by atoms with Crippen molar-refractivity contribution in [3.05, 3.63) is 35.4 Å². The van der Waals surface area contributed by atoms with Gasteiger partial charge in [-0.3, -0.25) is 4.90 Å². The van der Waals surface area contributed by atoms with Crippen LogP contribution in [0.3, 0.4) is 0 Å². The molecule has 2 saturated heterocycles. The summed E-state index contributed by atoms with van der Waals surface area (Å²) in [6.07, 6.45) is 0.852. The van der Waals surface area contributed by atoms with Crippen molar-refractivity contribution in [1.29, 1.82) is 0 Å². The molecule has 0 saturated carbocycles. The number of rotatable bonds is 5. The van der Waals surface area contributed by atoms with Crippen LogP contribution in [0.1, 0.15) is 29.3 Å². The first-order valence-corrected chi connectivity index (χ1v) is 8.41. The van der Waals surface area contributed by atoms with Crippen molar-refractivity contribution in [3.63, 3.8) is 0 Å². The molecule has 0 aliphatic carbocycles. The minimum atomic E-state index is -0.228. The maximum absolute atomic E-state index is 12.6. The minimum absolute atomic E-state index is 0.110. The Bertz CT molecular complexity index is 522. The quantitative estimate of drug-likeness (QED) is 0.778. The van der Waals surface area contributed by atoms with E-state index in [0.717, 1.165) is 51.4 Å². The number of carbonyl (C=O) groups excluding carboxylic acids is 1.